The molecule has 2 bridgehead atoms. The SMILES string of the molecule is CC1(C)C[C@H]2[C@H]1CC(=O)[C@]1(C)O[C@@H]2CC[C@H]1O. The van der Waals surface area contributed by atoms with Gasteiger partial charge in [-0.2, -0.15) is 0 Å². The number of fused-ring (bicyclic) bond motifs is 4. The summed E-state index contributed by atoms with van der Waals surface area (Å²) in [5, 5.41) is 10.1. The number of aliphatic hydroxyl groups is 1. The lowest BCUT2D eigenvalue weighted by atomic mass is 9.52. The molecule has 2 saturated heterocycles. The quantitative estimate of drug-likeness (QED) is 0.701. The van der Waals surface area contributed by atoms with Crippen LogP contribution in [0.1, 0.15) is 46.5 Å². The molecular formula is C14H22O3. The number of hydrogen-bond donors (Lipinski definition) is 1. The fourth-order valence-corrected chi connectivity index (χ4v) is 4.14. The van der Waals surface area contributed by atoms with E-state index in [0.29, 0.717) is 24.7 Å². The van der Waals surface area contributed by atoms with Gasteiger partial charge in [-0.3, -0.25) is 4.79 Å². The van der Waals surface area contributed by atoms with Gasteiger partial charge in [0.1, 0.15) is 5.60 Å². The Labute approximate surface area is 103 Å². The number of aliphatic hydroxyl groups excluding tert-OH is 1. The summed E-state index contributed by atoms with van der Waals surface area (Å²) in [4.78, 5) is 12.3. The Morgan fingerprint density at radius 3 is 2.65 bits per heavy atom. The molecule has 0 radical (unpaired) electrons. The number of carbonyl (C=O) groups is 1. The van der Waals surface area contributed by atoms with E-state index >= 15 is 0 Å². The standard InChI is InChI=1S/C14H22O3/c1-13(2)7-8-9(13)6-12(16)14(3)11(15)5-4-10(8)17-14/h8-11,15H,4-7H2,1-3H3/t8-,9+,10+,11+,14+/m0/s1. The van der Waals surface area contributed by atoms with Crippen LogP contribution in [-0.4, -0.2) is 28.7 Å². The summed E-state index contributed by atoms with van der Waals surface area (Å²) >= 11 is 0. The minimum atomic E-state index is -0.934. The first kappa shape index (κ1) is 11.7. The molecule has 96 valence electrons. The molecule has 1 saturated carbocycles. The van der Waals surface area contributed by atoms with E-state index in [1.165, 1.54) is 0 Å². The molecule has 3 heteroatoms. The summed E-state index contributed by atoms with van der Waals surface area (Å²) in [6, 6.07) is 0. The highest BCUT2D eigenvalue weighted by molar-refractivity contribution is 5.88. The first-order valence-electron chi connectivity index (χ1n) is 6.74. The Bertz CT molecular complexity index is 362. The van der Waals surface area contributed by atoms with Gasteiger partial charge in [0.25, 0.3) is 0 Å². The number of ketones is 1. The Balaban J connectivity index is 1.94. The summed E-state index contributed by atoms with van der Waals surface area (Å²) in [5.41, 5.74) is -0.668. The molecule has 1 aliphatic carbocycles. The molecule has 0 aromatic carbocycles. The minimum Gasteiger partial charge on any atom is -0.390 e. The van der Waals surface area contributed by atoms with Crippen molar-refractivity contribution in [3.8, 4) is 0 Å². The molecule has 3 aliphatic rings. The van der Waals surface area contributed by atoms with Crippen LogP contribution in [0, 0.1) is 17.3 Å². The zero-order valence-corrected chi connectivity index (χ0v) is 10.9. The van der Waals surface area contributed by atoms with Crippen molar-refractivity contribution in [3.63, 3.8) is 0 Å². The van der Waals surface area contributed by atoms with E-state index in [9.17, 15) is 9.90 Å². The van der Waals surface area contributed by atoms with Gasteiger partial charge >= 0.3 is 0 Å². The minimum absolute atomic E-state index is 0.106. The Morgan fingerprint density at radius 2 is 2.00 bits per heavy atom. The van der Waals surface area contributed by atoms with Gasteiger partial charge in [-0.25, -0.2) is 0 Å². The maximum Gasteiger partial charge on any atom is 0.167 e. The number of rotatable bonds is 0. The third-order valence-corrected chi connectivity index (χ3v) is 5.48. The highest BCUT2D eigenvalue weighted by Crippen LogP contribution is 2.58. The van der Waals surface area contributed by atoms with Gasteiger partial charge in [-0.05, 0) is 43.4 Å². The highest BCUT2D eigenvalue weighted by atomic mass is 16.5. The molecule has 2 aliphatic heterocycles. The van der Waals surface area contributed by atoms with Gasteiger partial charge in [-0.1, -0.05) is 13.8 Å². The molecule has 3 fully saturated rings. The maximum absolute atomic E-state index is 12.3. The van der Waals surface area contributed by atoms with Crippen molar-refractivity contribution in [1.82, 2.24) is 0 Å². The smallest absolute Gasteiger partial charge is 0.167 e. The molecular weight excluding hydrogens is 216 g/mol. The lowest BCUT2D eigenvalue weighted by molar-refractivity contribution is -0.203. The van der Waals surface area contributed by atoms with Gasteiger partial charge in [0, 0.05) is 6.42 Å². The predicted octanol–water partition coefficient (Wildman–Crippen LogP) is 1.92. The second-order valence-corrected chi connectivity index (χ2v) is 6.95. The first-order valence-corrected chi connectivity index (χ1v) is 6.74. The zero-order valence-electron chi connectivity index (χ0n) is 10.9. The highest BCUT2D eigenvalue weighted by Gasteiger charge is 2.59. The summed E-state index contributed by atoms with van der Waals surface area (Å²) in [7, 11) is 0. The van der Waals surface area contributed by atoms with Crippen molar-refractivity contribution in [2.45, 2.75) is 64.3 Å². The third-order valence-electron chi connectivity index (χ3n) is 5.48. The lowest BCUT2D eigenvalue weighted by Gasteiger charge is -2.53. The first-order chi connectivity index (χ1) is 7.84. The molecule has 1 N–H and O–H groups in total. The number of Topliss-reactive ketones (excluding diaryl/α,β-unsaturated/α-hetero) is 1. The third kappa shape index (κ3) is 1.45. The normalized spacial score (nSPS) is 52.4. The van der Waals surface area contributed by atoms with Crippen molar-refractivity contribution < 1.29 is 14.6 Å². The molecule has 0 spiro atoms. The van der Waals surface area contributed by atoms with Gasteiger partial charge in [0.05, 0.1) is 12.2 Å². The zero-order chi connectivity index (χ0) is 12.4. The Hall–Kier alpha value is -0.410. The molecule has 0 aromatic rings. The Morgan fingerprint density at radius 1 is 1.29 bits per heavy atom. The van der Waals surface area contributed by atoms with Crippen LogP contribution in [-0.2, 0) is 9.53 Å². The van der Waals surface area contributed by atoms with Crippen molar-refractivity contribution in [2.24, 2.45) is 17.3 Å². The van der Waals surface area contributed by atoms with Crippen LogP contribution in [0.4, 0.5) is 0 Å². The van der Waals surface area contributed by atoms with Crippen LogP contribution in [0.5, 0.6) is 0 Å². The van der Waals surface area contributed by atoms with Crippen molar-refractivity contribution in [2.75, 3.05) is 0 Å². The van der Waals surface area contributed by atoms with Crippen molar-refractivity contribution >= 4 is 5.78 Å². The van der Waals surface area contributed by atoms with Crippen LogP contribution < -0.4 is 0 Å². The van der Waals surface area contributed by atoms with Gasteiger partial charge in [0.2, 0.25) is 0 Å². The van der Waals surface area contributed by atoms with E-state index in [0.717, 1.165) is 12.8 Å². The fourth-order valence-electron chi connectivity index (χ4n) is 4.14. The average molecular weight is 238 g/mol. The van der Waals surface area contributed by atoms with Crippen LogP contribution in [0.2, 0.25) is 0 Å². The number of carbonyl (C=O) groups excluding carboxylic acids is 1. The van der Waals surface area contributed by atoms with Crippen LogP contribution >= 0.6 is 0 Å². The predicted molar refractivity (Wildman–Crippen MR) is 63.5 cm³/mol. The summed E-state index contributed by atoms with van der Waals surface area (Å²) in [6.45, 7) is 6.27. The summed E-state index contributed by atoms with van der Waals surface area (Å²) in [6.07, 6.45) is 2.92. The molecule has 17 heavy (non-hydrogen) atoms. The molecule has 2 heterocycles. The molecule has 0 aromatic heterocycles. The summed E-state index contributed by atoms with van der Waals surface area (Å²) in [5.74, 6) is 1.09. The van der Waals surface area contributed by atoms with Gasteiger partial charge < -0.3 is 9.84 Å². The van der Waals surface area contributed by atoms with E-state index in [2.05, 4.69) is 13.8 Å². The molecule has 0 unspecified atom stereocenters. The van der Waals surface area contributed by atoms with Gasteiger partial charge in [-0.15, -0.1) is 0 Å². The fraction of sp³-hybridized carbons (Fsp3) is 0.929. The van der Waals surface area contributed by atoms with Crippen LogP contribution in [0.15, 0.2) is 0 Å². The monoisotopic (exact) mass is 238 g/mol. The second kappa shape index (κ2) is 3.33. The van der Waals surface area contributed by atoms with E-state index < -0.39 is 11.7 Å². The van der Waals surface area contributed by atoms with Gasteiger partial charge in [0.15, 0.2) is 5.78 Å². The Kier molecular flexibility index (Phi) is 2.28. The molecule has 3 nitrogen and oxygen atoms in total. The van der Waals surface area contributed by atoms with E-state index in [-0.39, 0.29) is 17.3 Å². The van der Waals surface area contributed by atoms with E-state index in [1.807, 2.05) is 0 Å². The topological polar surface area (TPSA) is 46.5 Å². The lowest BCUT2D eigenvalue weighted by Crippen LogP contribution is -2.54. The van der Waals surface area contributed by atoms with E-state index in [4.69, 9.17) is 4.74 Å². The molecule has 3 rings (SSSR count). The van der Waals surface area contributed by atoms with E-state index in [1.54, 1.807) is 6.92 Å². The number of hydrogen-bond acceptors (Lipinski definition) is 3. The maximum atomic E-state index is 12.3. The second-order valence-electron chi connectivity index (χ2n) is 6.95. The van der Waals surface area contributed by atoms with Crippen molar-refractivity contribution in [3.05, 3.63) is 0 Å². The van der Waals surface area contributed by atoms with Crippen LogP contribution in [0.3, 0.4) is 0 Å². The van der Waals surface area contributed by atoms with Crippen molar-refractivity contribution in [1.29, 1.82) is 0 Å². The molecule has 0 amide bonds. The number of ether oxygens (including phenoxy) is 1. The summed E-state index contributed by atoms with van der Waals surface area (Å²) < 4.78 is 5.99. The molecule has 5 atom stereocenters. The largest absolute Gasteiger partial charge is 0.390 e. The van der Waals surface area contributed by atoms with Crippen LogP contribution in [0.25, 0.3) is 0 Å². The average Bonchev–Trinajstić information content (AvgIpc) is 2.33.